The highest BCUT2D eigenvalue weighted by molar-refractivity contribution is 6.07. The van der Waals surface area contributed by atoms with Crippen LogP contribution in [0.15, 0.2) is 36.4 Å². The first-order valence-corrected chi connectivity index (χ1v) is 6.02. The van der Waals surface area contributed by atoms with E-state index in [1.54, 1.807) is 18.2 Å². The van der Waals surface area contributed by atoms with Crippen LogP contribution in [0.1, 0.15) is 15.9 Å². The predicted octanol–water partition coefficient (Wildman–Crippen LogP) is 2.98. The molecule has 104 valence electrons. The average Bonchev–Trinajstić information content (AvgIpc) is 2.41. The fourth-order valence-electron chi connectivity index (χ4n) is 1.81. The summed E-state index contributed by atoms with van der Waals surface area (Å²) in [6, 6.07) is 9.38. The molecular weight excluding hydrogens is 259 g/mol. The summed E-state index contributed by atoms with van der Waals surface area (Å²) < 4.78 is 18.4. The number of hydrogen-bond acceptors (Lipinski definition) is 3. The lowest BCUT2D eigenvalue weighted by Gasteiger charge is -2.09. The number of anilines is 2. The third kappa shape index (κ3) is 2.88. The lowest BCUT2D eigenvalue weighted by Crippen LogP contribution is -2.14. The molecule has 3 N–H and O–H groups in total. The number of halogens is 1. The Kier molecular flexibility index (Phi) is 3.89. The molecule has 2 rings (SSSR count). The smallest absolute Gasteiger partial charge is 0.257 e. The molecule has 2 aromatic rings. The van der Waals surface area contributed by atoms with Gasteiger partial charge in [0.15, 0.2) is 11.6 Å². The molecule has 0 spiro atoms. The Morgan fingerprint density at radius 2 is 2.00 bits per heavy atom. The summed E-state index contributed by atoms with van der Waals surface area (Å²) in [6.45, 7) is 1.86. The van der Waals surface area contributed by atoms with Crippen LogP contribution in [-0.4, -0.2) is 13.0 Å². The number of hydrogen-bond donors (Lipinski definition) is 2. The Bertz CT molecular complexity index is 656. The maximum atomic E-state index is 13.5. The summed E-state index contributed by atoms with van der Waals surface area (Å²) >= 11 is 0. The van der Waals surface area contributed by atoms with Crippen LogP contribution in [0.25, 0.3) is 0 Å². The van der Waals surface area contributed by atoms with Crippen LogP contribution in [0.5, 0.6) is 5.75 Å². The van der Waals surface area contributed by atoms with Crippen LogP contribution in [0, 0.1) is 12.7 Å². The number of ether oxygens (including phenoxy) is 1. The molecule has 0 fully saturated rings. The number of carbonyl (C=O) groups is 1. The largest absolute Gasteiger partial charge is 0.494 e. The second-order valence-corrected chi connectivity index (χ2v) is 4.39. The van der Waals surface area contributed by atoms with E-state index in [9.17, 15) is 9.18 Å². The van der Waals surface area contributed by atoms with Gasteiger partial charge in [-0.1, -0.05) is 11.6 Å². The topological polar surface area (TPSA) is 64.3 Å². The van der Waals surface area contributed by atoms with Crippen molar-refractivity contribution in [2.24, 2.45) is 0 Å². The minimum absolute atomic E-state index is 0.123. The lowest BCUT2D eigenvalue weighted by atomic mass is 10.1. The first-order chi connectivity index (χ1) is 9.51. The van der Waals surface area contributed by atoms with Crippen molar-refractivity contribution in [3.05, 3.63) is 53.3 Å². The molecule has 0 radical (unpaired) electrons. The normalized spacial score (nSPS) is 10.2. The van der Waals surface area contributed by atoms with E-state index in [0.717, 1.165) is 5.56 Å². The van der Waals surface area contributed by atoms with Crippen molar-refractivity contribution in [1.82, 2.24) is 0 Å². The first kappa shape index (κ1) is 13.9. The van der Waals surface area contributed by atoms with E-state index in [4.69, 9.17) is 10.5 Å². The molecule has 5 heteroatoms. The van der Waals surface area contributed by atoms with Crippen molar-refractivity contribution in [3.8, 4) is 5.75 Å². The van der Waals surface area contributed by atoms with E-state index in [1.807, 2.05) is 13.0 Å². The van der Waals surface area contributed by atoms with Gasteiger partial charge in [0.25, 0.3) is 5.91 Å². The van der Waals surface area contributed by atoms with Gasteiger partial charge >= 0.3 is 0 Å². The molecule has 0 aliphatic carbocycles. The first-order valence-electron chi connectivity index (χ1n) is 6.02. The molecule has 0 aromatic heterocycles. The molecule has 0 aliphatic rings. The van der Waals surface area contributed by atoms with Crippen molar-refractivity contribution in [2.45, 2.75) is 6.92 Å². The van der Waals surface area contributed by atoms with E-state index in [0.29, 0.717) is 16.9 Å². The van der Waals surface area contributed by atoms with Gasteiger partial charge in [0, 0.05) is 17.4 Å². The van der Waals surface area contributed by atoms with Gasteiger partial charge in [-0.2, -0.15) is 0 Å². The minimum atomic E-state index is -0.539. The van der Waals surface area contributed by atoms with E-state index < -0.39 is 5.82 Å². The van der Waals surface area contributed by atoms with Crippen molar-refractivity contribution in [2.75, 3.05) is 18.2 Å². The van der Waals surface area contributed by atoms with Gasteiger partial charge in [-0.15, -0.1) is 0 Å². The van der Waals surface area contributed by atoms with Gasteiger partial charge in [0.2, 0.25) is 0 Å². The van der Waals surface area contributed by atoms with Crippen LogP contribution in [-0.2, 0) is 0 Å². The molecule has 1 amide bonds. The van der Waals surface area contributed by atoms with Gasteiger partial charge in [-0.25, -0.2) is 4.39 Å². The van der Waals surface area contributed by atoms with Gasteiger partial charge in [-0.3, -0.25) is 4.79 Å². The standard InChI is InChI=1S/C15H15FN2O2/c1-9-3-5-13(17)11(7-9)15(19)18-10-4-6-14(20-2)12(16)8-10/h3-8H,17H2,1-2H3,(H,18,19). The zero-order valence-electron chi connectivity index (χ0n) is 11.2. The van der Waals surface area contributed by atoms with Crippen LogP contribution in [0.3, 0.4) is 0 Å². The maximum absolute atomic E-state index is 13.5. The maximum Gasteiger partial charge on any atom is 0.257 e. The Hall–Kier alpha value is -2.56. The summed E-state index contributed by atoms with van der Waals surface area (Å²) in [5, 5.41) is 2.60. The van der Waals surface area contributed by atoms with Crippen LogP contribution in [0.2, 0.25) is 0 Å². The number of methoxy groups -OCH3 is 1. The zero-order valence-corrected chi connectivity index (χ0v) is 11.2. The van der Waals surface area contributed by atoms with Crippen molar-refractivity contribution >= 4 is 17.3 Å². The highest BCUT2D eigenvalue weighted by atomic mass is 19.1. The molecular formula is C15H15FN2O2. The van der Waals surface area contributed by atoms with E-state index in [2.05, 4.69) is 5.32 Å². The van der Waals surface area contributed by atoms with Gasteiger partial charge in [-0.05, 0) is 31.2 Å². The molecule has 0 aliphatic heterocycles. The SMILES string of the molecule is COc1ccc(NC(=O)c2cc(C)ccc2N)cc1F. The monoisotopic (exact) mass is 274 g/mol. The summed E-state index contributed by atoms with van der Waals surface area (Å²) in [4.78, 5) is 12.1. The predicted molar refractivity (Wildman–Crippen MR) is 76.5 cm³/mol. The molecule has 0 unspecified atom stereocenters. The highest BCUT2D eigenvalue weighted by Crippen LogP contribution is 2.22. The second kappa shape index (κ2) is 5.61. The van der Waals surface area contributed by atoms with Crippen molar-refractivity contribution < 1.29 is 13.9 Å². The van der Waals surface area contributed by atoms with Gasteiger partial charge in [0.05, 0.1) is 12.7 Å². The molecule has 0 saturated heterocycles. The molecule has 0 heterocycles. The van der Waals surface area contributed by atoms with E-state index in [-0.39, 0.29) is 11.7 Å². The molecule has 0 bridgehead atoms. The zero-order chi connectivity index (χ0) is 14.7. The van der Waals surface area contributed by atoms with Crippen LogP contribution >= 0.6 is 0 Å². The van der Waals surface area contributed by atoms with Gasteiger partial charge < -0.3 is 15.8 Å². The molecule has 20 heavy (non-hydrogen) atoms. The summed E-state index contributed by atoms with van der Waals surface area (Å²) in [6.07, 6.45) is 0. The lowest BCUT2D eigenvalue weighted by molar-refractivity contribution is 0.102. The number of carbonyl (C=O) groups excluding carboxylic acids is 1. The number of amides is 1. The third-order valence-electron chi connectivity index (χ3n) is 2.86. The van der Waals surface area contributed by atoms with E-state index in [1.165, 1.54) is 19.2 Å². The number of nitrogens with one attached hydrogen (secondary N) is 1. The fraction of sp³-hybridized carbons (Fsp3) is 0.133. The molecule has 0 saturated carbocycles. The molecule has 0 atom stereocenters. The quantitative estimate of drug-likeness (QED) is 0.846. The van der Waals surface area contributed by atoms with Crippen LogP contribution in [0.4, 0.5) is 15.8 Å². The number of benzene rings is 2. The minimum Gasteiger partial charge on any atom is -0.494 e. The van der Waals surface area contributed by atoms with E-state index >= 15 is 0 Å². The number of nitrogens with two attached hydrogens (primary N) is 1. The van der Waals surface area contributed by atoms with Crippen molar-refractivity contribution in [1.29, 1.82) is 0 Å². The number of aryl methyl sites for hydroxylation is 1. The molecule has 2 aromatic carbocycles. The average molecular weight is 274 g/mol. The third-order valence-corrected chi connectivity index (χ3v) is 2.86. The highest BCUT2D eigenvalue weighted by Gasteiger charge is 2.11. The van der Waals surface area contributed by atoms with Gasteiger partial charge in [0.1, 0.15) is 0 Å². The number of nitrogen functional groups attached to an aromatic ring is 1. The Morgan fingerprint density at radius 1 is 1.25 bits per heavy atom. The Morgan fingerprint density at radius 3 is 2.65 bits per heavy atom. The molecule has 4 nitrogen and oxygen atoms in total. The van der Waals surface area contributed by atoms with Crippen molar-refractivity contribution in [3.63, 3.8) is 0 Å². The fourth-order valence-corrected chi connectivity index (χ4v) is 1.81. The summed E-state index contributed by atoms with van der Waals surface area (Å²) in [7, 11) is 1.38. The number of rotatable bonds is 3. The Balaban J connectivity index is 2.23. The van der Waals surface area contributed by atoms with Crippen LogP contribution < -0.4 is 15.8 Å². The Labute approximate surface area is 116 Å². The summed E-state index contributed by atoms with van der Waals surface area (Å²) in [5.74, 6) is -0.795. The summed E-state index contributed by atoms with van der Waals surface area (Å²) in [5.41, 5.74) is 7.77. The second-order valence-electron chi connectivity index (χ2n) is 4.39.